The molecule has 0 atom stereocenters. The Morgan fingerprint density at radius 1 is 1.14 bits per heavy atom. The van der Waals surface area contributed by atoms with E-state index in [1.807, 2.05) is 6.92 Å². The molecule has 0 fully saturated rings. The lowest BCUT2D eigenvalue weighted by Crippen LogP contribution is -2.26. The lowest BCUT2D eigenvalue weighted by molar-refractivity contribution is 0.0951. The van der Waals surface area contributed by atoms with Crippen LogP contribution >= 0.6 is 11.6 Å². The van der Waals surface area contributed by atoms with Crippen LogP contribution in [0, 0.1) is 13.8 Å². The quantitative estimate of drug-likeness (QED) is 0.707. The van der Waals surface area contributed by atoms with Crippen LogP contribution in [0.2, 0.25) is 5.02 Å². The van der Waals surface area contributed by atoms with Gasteiger partial charge in [-0.05, 0) is 61.2 Å². The molecule has 0 bridgehead atoms. The van der Waals surface area contributed by atoms with E-state index >= 15 is 0 Å². The maximum Gasteiger partial charge on any atom is 0.255 e. The van der Waals surface area contributed by atoms with E-state index in [1.165, 1.54) is 26.4 Å². The number of hydrogen-bond acceptors (Lipinski definition) is 5. The van der Waals surface area contributed by atoms with Crippen molar-refractivity contribution in [2.75, 3.05) is 20.8 Å². The number of halogens is 1. The van der Waals surface area contributed by atoms with Crippen LogP contribution < -0.4 is 19.9 Å². The molecule has 0 aliphatic rings. The van der Waals surface area contributed by atoms with Crippen molar-refractivity contribution in [3.8, 4) is 11.5 Å². The molecule has 0 unspecified atom stereocenters. The Labute approximate surface area is 169 Å². The number of carbonyl (C=O) groups is 1. The number of primary sulfonamides is 1. The highest BCUT2D eigenvalue weighted by atomic mass is 35.5. The van der Waals surface area contributed by atoms with E-state index in [4.69, 9.17) is 26.2 Å². The van der Waals surface area contributed by atoms with Crippen molar-refractivity contribution in [1.29, 1.82) is 0 Å². The molecule has 1 amide bonds. The lowest BCUT2D eigenvalue weighted by Gasteiger charge is -2.17. The third-order valence-corrected chi connectivity index (χ3v) is 5.66. The summed E-state index contributed by atoms with van der Waals surface area (Å²) < 4.78 is 34.2. The molecular weight excluding hydrogens is 404 g/mol. The minimum Gasteiger partial charge on any atom is -0.496 e. The average Bonchev–Trinajstić information content (AvgIpc) is 2.63. The van der Waals surface area contributed by atoms with Crippen molar-refractivity contribution in [3.63, 3.8) is 0 Å². The van der Waals surface area contributed by atoms with Gasteiger partial charge in [-0.25, -0.2) is 13.6 Å². The molecule has 152 valence electrons. The largest absolute Gasteiger partial charge is 0.496 e. The Balaban J connectivity index is 2.23. The van der Waals surface area contributed by atoms with Gasteiger partial charge in [-0.2, -0.15) is 0 Å². The molecule has 0 aliphatic heterocycles. The SMILES string of the molecule is COc1ccc(Cl)cc1C(=O)NCCc1cc(S(N)(=O)=O)c(OC)c(C)c1C. The van der Waals surface area contributed by atoms with Gasteiger partial charge in [0.1, 0.15) is 16.4 Å². The maximum atomic E-state index is 12.5. The van der Waals surface area contributed by atoms with Crippen LogP contribution in [-0.4, -0.2) is 35.1 Å². The summed E-state index contributed by atoms with van der Waals surface area (Å²) in [7, 11) is -1.08. The van der Waals surface area contributed by atoms with Crippen molar-refractivity contribution in [1.82, 2.24) is 5.32 Å². The van der Waals surface area contributed by atoms with E-state index in [2.05, 4.69) is 5.32 Å². The molecule has 3 N–H and O–H groups in total. The number of sulfonamides is 1. The van der Waals surface area contributed by atoms with Gasteiger partial charge in [-0.1, -0.05) is 11.6 Å². The minimum absolute atomic E-state index is 0.0732. The van der Waals surface area contributed by atoms with Crippen molar-refractivity contribution in [2.45, 2.75) is 25.2 Å². The molecule has 2 aromatic rings. The highest BCUT2D eigenvalue weighted by Crippen LogP contribution is 2.32. The topological polar surface area (TPSA) is 108 Å². The van der Waals surface area contributed by atoms with Gasteiger partial charge in [0.05, 0.1) is 19.8 Å². The van der Waals surface area contributed by atoms with Gasteiger partial charge in [0.25, 0.3) is 5.91 Å². The van der Waals surface area contributed by atoms with E-state index in [-0.39, 0.29) is 23.1 Å². The van der Waals surface area contributed by atoms with Crippen LogP contribution in [-0.2, 0) is 16.4 Å². The maximum absolute atomic E-state index is 12.5. The Morgan fingerprint density at radius 2 is 1.82 bits per heavy atom. The summed E-state index contributed by atoms with van der Waals surface area (Å²) in [6, 6.07) is 6.27. The first-order chi connectivity index (χ1) is 13.1. The Bertz CT molecular complexity index is 1010. The molecule has 0 saturated carbocycles. The fraction of sp³-hybridized carbons (Fsp3) is 0.316. The fourth-order valence-corrected chi connectivity index (χ4v) is 3.89. The molecule has 0 spiro atoms. The van der Waals surface area contributed by atoms with Gasteiger partial charge in [-0.15, -0.1) is 0 Å². The number of amides is 1. The third kappa shape index (κ3) is 4.76. The minimum atomic E-state index is -3.95. The first-order valence-electron chi connectivity index (χ1n) is 8.41. The van der Waals surface area contributed by atoms with Gasteiger partial charge in [0.15, 0.2) is 0 Å². The summed E-state index contributed by atoms with van der Waals surface area (Å²) in [5.41, 5.74) is 2.63. The van der Waals surface area contributed by atoms with Crippen LogP contribution in [0.5, 0.6) is 11.5 Å². The molecule has 2 aromatic carbocycles. The molecule has 7 nitrogen and oxygen atoms in total. The lowest BCUT2D eigenvalue weighted by atomic mass is 10.00. The molecule has 0 radical (unpaired) electrons. The van der Waals surface area contributed by atoms with Crippen LogP contribution in [0.4, 0.5) is 0 Å². The van der Waals surface area contributed by atoms with Crippen LogP contribution in [0.25, 0.3) is 0 Å². The number of rotatable bonds is 7. The summed E-state index contributed by atoms with van der Waals surface area (Å²) >= 11 is 5.96. The summed E-state index contributed by atoms with van der Waals surface area (Å²) in [5.74, 6) is 0.306. The van der Waals surface area contributed by atoms with Crippen molar-refractivity contribution in [2.24, 2.45) is 5.14 Å². The summed E-state index contributed by atoms with van der Waals surface area (Å²) in [5, 5.41) is 8.53. The number of ether oxygens (including phenoxy) is 2. The van der Waals surface area contributed by atoms with Gasteiger partial charge in [0, 0.05) is 11.6 Å². The number of benzene rings is 2. The van der Waals surface area contributed by atoms with Crippen molar-refractivity contribution in [3.05, 3.63) is 51.5 Å². The number of methoxy groups -OCH3 is 2. The number of hydrogen-bond donors (Lipinski definition) is 2. The Morgan fingerprint density at radius 3 is 2.39 bits per heavy atom. The van der Waals surface area contributed by atoms with E-state index in [9.17, 15) is 13.2 Å². The average molecular weight is 427 g/mol. The van der Waals surface area contributed by atoms with Gasteiger partial charge in [-0.3, -0.25) is 4.79 Å². The molecular formula is C19H23ClN2O5S. The molecule has 0 heterocycles. The number of carbonyl (C=O) groups excluding carboxylic acids is 1. The Kier molecular flexibility index (Phi) is 6.92. The summed E-state index contributed by atoms with van der Waals surface area (Å²) in [6.07, 6.45) is 0.411. The van der Waals surface area contributed by atoms with Crippen LogP contribution in [0.3, 0.4) is 0 Å². The second-order valence-electron chi connectivity index (χ2n) is 6.21. The number of nitrogens with two attached hydrogens (primary N) is 1. The van der Waals surface area contributed by atoms with Crippen molar-refractivity contribution < 1.29 is 22.7 Å². The normalized spacial score (nSPS) is 11.2. The molecule has 0 aromatic heterocycles. The zero-order valence-corrected chi connectivity index (χ0v) is 17.7. The van der Waals surface area contributed by atoms with Gasteiger partial charge in [0.2, 0.25) is 10.0 Å². The molecule has 0 aliphatic carbocycles. The predicted molar refractivity (Wildman–Crippen MR) is 108 cm³/mol. The van der Waals surface area contributed by atoms with E-state index < -0.39 is 10.0 Å². The van der Waals surface area contributed by atoms with Crippen molar-refractivity contribution >= 4 is 27.5 Å². The number of nitrogens with one attached hydrogen (secondary N) is 1. The molecule has 0 saturated heterocycles. The highest BCUT2D eigenvalue weighted by molar-refractivity contribution is 7.89. The summed E-state index contributed by atoms with van der Waals surface area (Å²) in [6.45, 7) is 3.91. The third-order valence-electron chi connectivity index (χ3n) is 4.51. The second kappa shape index (κ2) is 8.81. The molecule has 2 rings (SSSR count). The van der Waals surface area contributed by atoms with Crippen LogP contribution in [0.1, 0.15) is 27.0 Å². The smallest absolute Gasteiger partial charge is 0.255 e. The first kappa shape index (κ1) is 22.0. The zero-order valence-electron chi connectivity index (χ0n) is 16.1. The first-order valence-corrected chi connectivity index (χ1v) is 10.3. The van der Waals surface area contributed by atoms with E-state index in [0.29, 0.717) is 28.3 Å². The van der Waals surface area contributed by atoms with Crippen LogP contribution in [0.15, 0.2) is 29.2 Å². The van der Waals surface area contributed by atoms with Gasteiger partial charge < -0.3 is 14.8 Å². The standard InChI is InChI=1S/C19H23ClN2O5S/c1-11-12(2)18(27-4)17(28(21,24)25)9-13(11)7-8-22-19(23)15-10-14(20)5-6-16(15)26-3/h5-6,9-10H,7-8H2,1-4H3,(H,22,23)(H2,21,24,25). The molecule has 28 heavy (non-hydrogen) atoms. The molecule has 9 heteroatoms. The Hall–Kier alpha value is -2.29. The second-order valence-corrected chi connectivity index (χ2v) is 8.18. The fourth-order valence-electron chi connectivity index (χ4n) is 2.92. The monoisotopic (exact) mass is 426 g/mol. The predicted octanol–water partition coefficient (Wildman–Crippen LogP) is 2.59. The van der Waals surface area contributed by atoms with Gasteiger partial charge >= 0.3 is 0 Å². The summed E-state index contributed by atoms with van der Waals surface area (Å²) in [4.78, 5) is 12.4. The highest BCUT2D eigenvalue weighted by Gasteiger charge is 2.21. The zero-order chi connectivity index (χ0) is 21.1. The van der Waals surface area contributed by atoms with E-state index in [1.54, 1.807) is 19.1 Å². The van der Waals surface area contributed by atoms with E-state index in [0.717, 1.165) is 11.1 Å².